The maximum Gasteiger partial charge on any atom is 0.235 e. The van der Waals surface area contributed by atoms with Gasteiger partial charge in [0.1, 0.15) is 5.75 Å². The number of hydrogen-bond donors (Lipinski definition) is 0. The summed E-state index contributed by atoms with van der Waals surface area (Å²) in [6.07, 6.45) is 0. The van der Waals surface area contributed by atoms with Gasteiger partial charge >= 0.3 is 0 Å². The number of hydrogen-bond acceptors (Lipinski definition) is 4. The number of carbonyl (C=O) groups excluding carboxylic acids is 1. The molecule has 1 atom stereocenters. The van der Waals surface area contributed by atoms with Crippen molar-refractivity contribution in [2.75, 3.05) is 38.2 Å². The molecule has 1 aliphatic heterocycles. The lowest BCUT2D eigenvalue weighted by Crippen LogP contribution is -2.50. The molecule has 5 heteroatoms. The van der Waals surface area contributed by atoms with Crippen molar-refractivity contribution >= 4 is 23.4 Å². The van der Waals surface area contributed by atoms with E-state index in [1.54, 1.807) is 18.9 Å². The smallest absolute Gasteiger partial charge is 0.235 e. The molecule has 0 aromatic heterocycles. The molecular formula is C21H26N2O2S. The molecule has 1 aliphatic rings. The second-order valence-corrected chi connectivity index (χ2v) is 8.00. The Kier molecular flexibility index (Phi) is 6.09. The van der Waals surface area contributed by atoms with Gasteiger partial charge in [0.25, 0.3) is 0 Å². The number of nitrogens with zero attached hydrogens (tertiary/aromatic N) is 2. The topological polar surface area (TPSA) is 32.8 Å². The van der Waals surface area contributed by atoms with Crippen LogP contribution < -0.4 is 9.64 Å². The van der Waals surface area contributed by atoms with E-state index in [9.17, 15) is 4.79 Å². The summed E-state index contributed by atoms with van der Waals surface area (Å²) in [5.74, 6) is 1.09. The van der Waals surface area contributed by atoms with Gasteiger partial charge < -0.3 is 14.5 Å². The van der Waals surface area contributed by atoms with E-state index in [2.05, 4.69) is 42.2 Å². The van der Waals surface area contributed by atoms with Gasteiger partial charge in [-0.3, -0.25) is 4.79 Å². The van der Waals surface area contributed by atoms with Crippen molar-refractivity contribution in [2.24, 2.45) is 0 Å². The van der Waals surface area contributed by atoms with Crippen molar-refractivity contribution in [3.8, 4) is 5.75 Å². The first-order valence-corrected chi connectivity index (χ1v) is 9.86. The summed E-state index contributed by atoms with van der Waals surface area (Å²) in [4.78, 5) is 18.2. The Morgan fingerprint density at radius 1 is 1.08 bits per heavy atom. The molecule has 0 N–H and O–H groups in total. The van der Waals surface area contributed by atoms with Crippen LogP contribution in [-0.4, -0.2) is 49.3 Å². The van der Waals surface area contributed by atoms with Crippen LogP contribution in [0.4, 0.5) is 5.69 Å². The second-order valence-electron chi connectivity index (χ2n) is 6.59. The summed E-state index contributed by atoms with van der Waals surface area (Å²) < 4.78 is 5.31. The largest absolute Gasteiger partial charge is 0.497 e. The van der Waals surface area contributed by atoms with Crippen LogP contribution in [0.1, 0.15) is 12.5 Å². The SMILES string of the molecule is COc1cccc(N2CCN(C(=O)[C@H](C)Sc3ccc(C)cc3)CC2)c1. The van der Waals surface area contributed by atoms with Crippen LogP contribution in [0.2, 0.25) is 0 Å². The molecule has 2 aromatic carbocycles. The summed E-state index contributed by atoms with van der Waals surface area (Å²) in [5.41, 5.74) is 2.39. The van der Waals surface area contributed by atoms with Crippen LogP contribution in [-0.2, 0) is 4.79 Å². The molecule has 1 saturated heterocycles. The Bertz CT molecular complexity index is 740. The summed E-state index contributed by atoms with van der Waals surface area (Å²) in [6, 6.07) is 16.5. The molecule has 0 radical (unpaired) electrons. The minimum atomic E-state index is -0.0684. The van der Waals surface area contributed by atoms with E-state index >= 15 is 0 Å². The quantitative estimate of drug-likeness (QED) is 0.749. The summed E-state index contributed by atoms with van der Waals surface area (Å²) in [5, 5.41) is -0.0684. The van der Waals surface area contributed by atoms with Gasteiger partial charge in [0, 0.05) is 42.8 Å². The lowest BCUT2D eigenvalue weighted by Gasteiger charge is -2.37. The molecule has 1 fully saturated rings. The molecule has 1 heterocycles. The van der Waals surface area contributed by atoms with Crippen LogP contribution in [0.25, 0.3) is 0 Å². The molecule has 0 spiro atoms. The van der Waals surface area contributed by atoms with Crippen molar-refractivity contribution in [1.29, 1.82) is 0 Å². The second kappa shape index (κ2) is 8.49. The molecule has 2 aromatic rings. The molecule has 0 saturated carbocycles. The van der Waals surface area contributed by atoms with E-state index in [4.69, 9.17) is 4.74 Å². The predicted octanol–water partition coefficient (Wildman–Crippen LogP) is 3.83. The lowest BCUT2D eigenvalue weighted by molar-refractivity contribution is -0.130. The maximum absolute atomic E-state index is 12.8. The fourth-order valence-corrected chi connectivity index (χ4v) is 4.07. The number of aryl methyl sites for hydroxylation is 1. The number of anilines is 1. The third-order valence-corrected chi connectivity index (χ3v) is 5.79. The number of amides is 1. The molecule has 0 unspecified atom stereocenters. The fourth-order valence-electron chi connectivity index (χ4n) is 3.12. The Morgan fingerprint density at radius 2 is 1.77 bits per heavy atom. The van der Waals surface area contributed by atoms with Crippen molar-refractivity contribution < 1.29 is 9.53 Å². The van der Waals surface area contributed by atoms with E-state index in [0.717, 1.165) is 42.5 Å². The number of methoxy groups -OCH3 is 1. The maximum atomic E-state index is 12.8. The number of thioether (sulfide) groups is 1. The van der Waals surface area contributed by atoms with Gasteiger partial charge in [-0.15, -0.1) is 11.8 Å². The highest BCUT2D eigenvalue weighted by atomic mass is 32.2. The third kappa shape index (κ3) is 4.52. The Morgan fingerprint density at radius 3 is 2.42 bits per heavy atom. The van der Waals surface area contributed by atoms with Gasteiger partial charge in [-0.2, -0.15) is 0 Å². The van der Waals surface area contributed by atoms with Crippen LogP contribution in [0.5, 0.6) is 5.75 Å². The minimum Gasteiger partial charge on any atom is -0.497 e. The van der Waals surface area contributed by atoms with Crippen molar-refractivity contribution in [3.05, 3.63) is 54.1 Å². The van der Waals surface area contributed by atoms with Gasteiger partial charge in [-0.25, -0.2) is 0 Å². The Labute approximate surface area is 160 Å². The molecular weight excluding hydrogens is 344 g/mol. The van der Waals surface area contributed by atoms with E-state index in [1.807, 2.05) is 30.0 Å². The van der Waals surface area contributed by atoms with E-state index in [0.29, 0.717) is 0 Å². The predicted molar refractivity (Wildman–Crippen MR) is 108 cm³/mol. The van der Waals surface area contributed by atoms with Crippen LogP contribution >= 0.6 is 11.8 Å². The van der Waals surface area contributed by atoms with Crippen LogP contribution in [0.3, 0.4) is 0 Å². The normalized spacial score (nSPS) is 15.7. The molecule has 0 aliphatic carbocycles. The van der Waals surface area contributed by atoms with Crippen molar-refractivity contribution in [3.63, 3.8) is 0 Å². The average molecular weight is 371 g/mol. The summed E-state index contributed by atoms with van der Waals surface area (Å²) in [7, 11) is 1.68. The minimum absolute atomic E-state index is 0.0684. The van der Waals surface area contributed by atoms with Gasteiger partial charge in [0.15, 0.2) is 0 Å². The summed E-state index contributed by atoms with van der Waals surface area (Å²) >= 11 is 1.63. The zero-order chi connectivity index (χ0) is 18.5. The average Bonchev–Trinajstić information content (AvgIpc) is 2.69. The third-order valence-electron chi connectivity index (χ3n) is 4.69. The van der Waals surface area contributed by atoms with Crippen LogP contribution in [0, 0.1) is 6.92 Å². The zero-order valence-corrected chi connectivity index (χ0v) is 16.5. The summed E-state index contributed by atoms with van der Waals surface area (Å²) in [6.45, 7) is 7.29. The van der Waals surface area contributed by atoms with Gasteiger partial charge in [0.2, 0.25) is 5.91 Å². The van der Waals surface area contributed by atoms with E-state index < -0.39 is 0 Å². The van der Waals surface area contributed by atoms with Crippen molar-refractivity contribution in [1.82, 2.24) is 4.90 Å². The Hall–Kier alpha value is -2.14. The van der Waals surface area contributed by atoms with Crippen LogP contribution in [0.15, 0.2) is 53.4 Å². The van der Waals surface area contributed by atoms with Gasteiger partial charge in [-0.05, 0) is 38.1 Å². The number of ether oxygens (including phenoxy) is 1. The number of carbonyl (C=O) groups is 1. The van der Waals surface area contributed by atoms with E-state index in [1.165, 1.54) is 5.56 Å². The highest BCUT2D eigenvalue weighted by molar-refractivity contribution is 8.00. The first-order valence-electron chi connectivity index (χ1n) is 8.98. The molecule has 26 heavy (non-hydrogen) atoms. The van der Waals surface area contributed by atoms with Gasteiger partial charge in [-0.1, -0.05) is 23.8 Å². The monoisotopic (exact) mass is 370 g/mol. The molecule has 1 amide bonds. The fraction of sp³-hybridized carbons (Fsp3) is 0.381. The first kappa shape index (κ1) is 18.6. The molecule has 138 valence electrons. The number of rotatable bonds is 5. The van der Waals surface area contributed by atoms with Crippen molar-refractivity contribution in [2.45, 2.75) is 24.0 Å². The number of piperazine rings is 1. The molecule has 0 bridgehead atoms. The lowest BCUT2D eigenvalue weighted by atomic mass is 10.2. The zero-order valence-electron chi connectivity index (χ0n) is 15.6. The van der Waals surface area contributed by atoms with E-state index in [-0.39, 0.29) is 11.2 Å². The van der Waals surface area contributed by atoms with Gasteiger partial charge in [0.05, 0.1) is 12.4 Å². The highest BCUT2D eigenvalue weighted by Gasteiger charge is 2.25. The first-order chi connectivity index (χ1) is 12.6. The highest BCUT2D eigenvalue weighted by Crippen LogP contribution is 2.26. The Balaban J connectivity index is 1.55. The molecule has 4 nitrogen and oxygen atoms in total. The number of benzene rings is 2. The standard InChI is InChI=1S/C21H26N2O2S/c1-16-7-9-20(10-8-16)26-17(2)21(24)23-13-11-22(12-14-23)18-5-4-6-19(15-18)25-3/h4-10,15,17H,11-14H2,1-3H3/t17-/m0/s1. The molecule has 3 rings (SSSR count).